The number of rotatable bonds is 2. The Morgan fingerprint density at radius 1 is 1.54 bits per heavy atom. The fourth-order valence-corrected chi connectivity index (χ4v) is 0.780. The van der Waals surface area contributed by atoms with Gasteiger partial charge in [-0.3, -0.25) is 4.79 Å². The van der Waals surface area contributed by atoms with E-state index < -0.39 is 11.7 Å². The quantitative estimate of drug-likeness (QED) is 0.410. The Balaban J connectivity index is 2.74. The van der Waals surface area contributed by atoms with Crippen molar-refractivity contribution in [3.05, 3.63) is 30.1 Å². The molecular formula is C8H7FN2O2. The molecule has 0 aromatic heterocycles. The van der Waals surface area contributed by atoms with E-state index >= 15 is 0 Å². The number of halogens is 1. The van der Waals surface area contributed by atoms with Gasteiger partial charge in [0.1, 0.15) is 12.0 Å². The number of amides is 1. The number of nitrogens with one attached hydrogen (secondary N) is 1. The third-order valence-electron chi connectivity index (χ3n) is 1.31. The Morgan fingerprint density at radius 2 is 2.23 bits per heavy atom. The molecule has 0 saturated heterocycles. The molecule has 0 heterocycles. The summed E-state index contributed by atoms with van der Waals surface area (Å²) in [6.45, 7) is 0. The summed E-state index contributed by atoms with van der Waals surface area (Å²) in [5, 5.41) is 12.7. The van der Waals surface area contributed by atoms with E-state index in [4.69, 9.17) is 5.21 Å². The van der Waals surface area contributed by atoms with Crippen LogP contribution in [0.25, 0.3) is 0 Å². The number of carbonyl (C=O) groups excluding carboxylic acids is 1. The van der Waals surface area contributed by atoms with Gasteiger partial charge in [0.25, 0.3) is 5.91 Å². The largest absolute Gasteiger partial charge is 0.411 e. The molecule has 1 amide bonds. The van der Waals surface area contributed by atoms with Gasteiger partial charge in [0.15, 0.2) is 0 Å². The van der Waals surface area contributed by atoms with Crippen LogP contribution in [0.5, 0.6) is 0 Å². The molecule has 1 aromatic rings. The zero-order chi connectivity index (χ0) is 9.68. The highest BCUT2D eigenvalue weighted by Crippen LogP contribution is 2.11. The summed E-state index contributed by atoms with van der Waals surface area (Å²) in [5.74, 6) is -1.23. The van der Waals surface area contributed by atoms with Crippen molar-refractivity contribution in [3.63, 3.8) is 0 Å². The zero-order valence-electron chi connectivity index (χ0n) is 6.57. The van der Waals surface area contributed by atoms with Crippen molar-refractivity contribution in [3.8, 4) is 0 Å². The maximum atomic E-state index is 12.9. The topological polar surface area (TPSA) is 61.7 Å². The smallest absolute Gasteiger partial charge is 0.270 e. The molecule has 0 aliphatic heterocycles. The van der Waals surface area contributed by atoms with E-state index in [2.05, 4.69) is 10.5 Å². The number of anilines is 1. The van der Waals surface area contributed by atoms with Gasteiger partial charge in [-0.25, -0.2) is 4.39 Å². The number of carbonyl (C=O) groups is 1. The summed E-state index contributed by atoms with van der Waals surface area (Å²) in [6.07, 6.45) is 0.645. The molecule has 0 radical (unpaired) electrons. The fourth-order valence-electron chi connectivity index (χ4n) is 0.780. The van der Waals surface area contributed by atoms with E-state index in [1.807, 2.05) is 0 Å². The van der Waals surface area contributed by atoms with Gasteiger partial charge >= 0.3 is 0 Å². The van der Waals surface area contributed by atoms with Crippen molar-refractivity contribution >= 4 is 17.8 Å². The van der Waals surface area contributed by atoms with Gasteiger partial charge in [-0.15, -0.1) is 0 Å². The summed E-state index contributed by atoms with van der Waals surface area (Å²) in [5.41, 5.74) is 0.0485. The van der Waals surface area contributed by atoms with Crippen LogP contribution in [0.4, 0.5) is 10.1 Å². The summed E-state index contributed by atoms with van der Waals surface area (Å²) < 4.78 is 12.9. The Labute approximate surface area is 73.7 Å². The highest BCUT2D eigenvalue weighted by molar-refractivity contribution is 6.31. The molecule has 13 heavy (non-hydrogen) atoms. The molecule has 0 unspecified atom stereocenters. The second-order valence-corrected chi connectivity index (χ2v) is 2.21. The minimum Gasteiger partial charge on any atom is -0.411 e. The first kappa shape index (κ1) is 9.18. The number of benzene rings is 1. The van der Waals surface area contributed by atoms with Crippen LogP contribution in [0.2, 0.25) is 0 Å². The van der Waals surface area contributed by atoms with Crippen LogP contribution in [-0.4, -0.2) is 17.3 Å². The average molecular weight is 182 g/mol. The maximum Gasteiger partial charge on any atom is 0.270 e. The molecule has 0 aliphatic carbocycles. The molecule has 68 valence electrons. The minimum absolute atomic E-state index is 0.0485. The summed E-state index contributed by atoms with van der Waals surface area (Å²) in [4.78, 5) is 10.8. The van der Waals surface area contributed by atoms with Crippen LogP contribution in [0.3, 0.4) is 0 Å². The van der Waals surface area contributed by atoms with E-state index in [1.54, 1.807) is 6.07 Å². The van der Waals surface area contributed by atoms with Gasteiger partial charge in [-0.2, -0.15) is 0 Å². The monoisotopic (exact) mass is 182 g/mol. The number of hydrogen-bond donors (Lipinski definition) is 2. The predicted octanol–water partition coefficient (Wildman–Crippen LogP) is 1.22. The molecule has 0 fully saturated rings. The van der Waals surface area contributed by atoms with Gasteiger partial charge in [-0.05, 0) is 12.1 Å². The van der Waals surface area contributed by atoms with Gasteiger partial charge in [0, 0.05) is 0 Å². The van der Waals surface area contributed by atoms with Crippen LogP contribution >= 0.6 is 0 Å². The number of hydrogen-bond acceptors (Lipinski definition) is 3. The van der Waals surface area contributed by atoms with E-state index in [9.17, 15) is 9.18 Å². The molecule has 1 rings (SSSR count). The molecule has 4 nitrogen and oxygen atoms in total. The van der Waals surface area contributed by atoms with E-state index in [-0.39, 0.29) is 5.69 Å². The number of oxime groups is 1. The minimum atomic E-state index is -0.687. The maximum absolute atomic E-state index is 12.9. The van der Waals surface area contributed by atoms with Gasteiger partial charge in [0.2, 0.25) is 0 Å². The molecule has 2 N–H and O–H groups in total. The summed E-state index contributed by atoms with van der Waals surface area (Å²) in [7, 11) is 0. The van der Waals surface area contributed by atoms with Gasteiger partial charge < -0.3 is 10.5 Å². The van der Waals surface area contributed by atoms with Crippen molar-refractivity contribution in [2.24, 2.45) is 5.16 Å². The summed E-state index contributed by atoms with van der Waals surface area (Å²) >= 11 is 0. The normalized spacial score (nSPS) is 10.2. The molecule has 0 saturated carbocycles. The van der Waals surface area contributed by atoms with Crippen molar-refractivity contribution in [1.82, 2.24) is 0 Å². The Bertz CT molecular complexity index is 339. The highest BCUT2D eigenvalue weighted by atomic mass is 19.1. The van der Waals surface area contributed by atoms with Crippen LogP contribution in [-0.2, 0) is 4.79 Å². The van der Waals surface area contributed by atoms with Crippen LogP contribution in [0, 0.1) is 5.82 Å². The molecule has 5 heteroatoms. The molecular weight excluding hydrogens is 175 g/mol. The molecule has 0 bridgehead atoms. The molecule has 0 aliphatic rings. The molecule has 1 aromatic carbocycles. The van der Waals surface area contributed by atoms with Gasteiger partial charge in [-0.1, -0.05) is 17.3 Å². The van der Waals surface area contributed by atoms with Crippen molar-refractivity contribution < 1.29 is 14.4 Å². The third kappa shape index (κ3) is 2.55. The van der Waals surface area contributed by atoms with Crippen LogP contribution in [0.1, 0.15) is 0 Å². The third-order valence-corrected chi connectivity index (χ3v) is 1.31. The lowest BCUT2D eigenvalue weighted by Gasteiger charge is -2.01. The second-order valence-electron chi connectivity index (χ2n) is 2.21. The summed E-state index contributed by atoms with van der Waals surface area (Å²) in [6, 6.07) is 5.70. The van der Waals surface area contributed by atoms with E-state index in [0.717, 1.165) is 0 Å². The first-order valence-electron chi connectivity index (χ1n) is 3.47. The zero-order valence-corrected chi connectivity index (χ0v) is 6.57. The highest BCUT2D eigenvalue weighted by Gasteiger charge is 2.02. The van der Waals surface area contributed by atoms with Crippen molar-refractivity contribution in [2.75, 3.05) is 5.32 Å². The number of nitrogens with zero attached hydrogens (tertiary/aromatic N) is 1. The standard InChI is InChI=1S/C8H7FN2O2/c9-6-3-1-2-4-7(6)11-8(12)5-10-13/h1-5,13H,(H,11,12)/b10-5+. The molecule has 0 spiro atoms. The lowest BCUT2D eigenvalue weighted by Crippen LogP contribution is -2.13. The van der Waals surface area contributed by atoms with Crippen LogP contribution in [0.15, 0.2) is 29.4 Å². The average Bonchev–Trinajstić information content (AvgIpc) is 2.09. The second kappa shape index (κ2) is 4.20. The Morgan fingerprint density at radius 3 is 2.85 bits per heavy atom. The lowest BCUT2D eigenvalue weighted by atomic mass is 10.3. The van der Waals surface area contributed by atoms with E-state index in [1.165, 1.54) is 18.2 Å². The van der Waals surface area contributed by atoms with E-state index in [0.29, 0.717) is 6.21 Å². The Hall–Kier alpha value is -1.91. The predicted molar refractivity (Wildman–Crippen MR) is 45.3 cm³/mol. The SMILES string of the molecule is O=C(/C=N/O)Nc1ccccc1F. The fraction of sp³-hybridized carbons (Fsp3) is 0. The molecule has 0 atom stereocenters. The lowest BCUT2D eigenvalue weighted by molar-refractivity contribution is -0.110. The number of para-hydroxylation sites is 1. The van der Waals surface area contributed by atoms with Gasteiger partial charge in [0.05, 0.1) is 5.69 Å². The van der Waals surface area contributed by atoms with Crippen LogP contribution < -0.4 is 5.32 Å². The van der Waals surface area contributed by atoms with Crippen molar-refractivity contribution in [1.29, 1.82) is 0 Å². The first-order valence-corrected chi connectivity index (χ1v) is 3.47. The Kier molecular flexibility index (Phi) is 2.97. The first-order chi connectivity index (χ1) is 6.24. The van der Waals surface area contributed by atoms with Crippen molar-refractivity contribution in [2.45, 2.75) is 0 Å².